The summed E-state index contributed by atoms with van der Waals surface area (Å²) in [7, 11) is 0. The Labute approximate surface area is 135 Å². The van der Waals surface area contributed by atoms with Crippen molar-refractivity contribution < 1.29 is 0 Å². The maximum absolute atomic E-state index is 4.12. The molecule has 0 atom stereocenters. The van der Waals surface area contributed by atoms with Crippen LogP contribution in [0.3, 0.4) is 0 Å². The first kappa shape index (κ1) is 16.3. The van der Waals surface area contributed by atoms with Gasteiger partial charge in [0.25, 0.3) is 0 Å². The molecule has 113 valence electrons. The van der Waals surface area contributed by atoms with Crippen LogP contribution in [0, 0.1) is 6.42 Å². The predicted molar refractivity (Wildman–Crippen MR) is 98.5 cm³/mol. The quantitative estimate of drug-likeness (QED) is 0.521. The zero-order valence-corrected chi connectivity index (χ0v) is 13.5. The van der Waals surface area contributed by atoms with Crippen molar-refractivity contribution in [2.75, 3.05) is 0 Å². The molecule has 0 aliphatic heterocycles. The van der Waals surface area contributed by atoms with E-state index >= 15 is 0 Å². The largest absolute Gasteiger partial charge is 0.0958 e. The standard InChI is InChI=1S/C22H25/c1-4-18(2)10-11-19(3)12-13-20-14-16-22(17-15-20)21-8-6-5-7-9-21/h5-6,8-11,14-17H,2-4,7,12-13H2,1H3/b11-10-. The Kier molecular flexibility index (Phi) is 6.21. The molecule has 1 aliphatic carbocycles. The molecule has 1 aliphatic rings. The van der Waals surface area contributed by atoms with E-state index in [1.165, 1.54) is 16.7 Å². The van der Waals surface area contributed by atoms with Crippen LogP contribution in [-0.4, -0.2) is 0 Å². The molecule has 0 saturated heterocycles. The van der Waals surface area contributed by atoms with Crippen LogP contribution in [0.5, 0.6) is 0 Å². The van der Waals surface area contributed by atoms with E-state index in [0.717, 1.165) is 36.8 Å². The molecule has 0 saturated carbocycles. The molecule has 2 rings (SSSR count). The number of hydrogen-bond donors (Lipinski definition) is 0. The average Bonchev–Trinajstić information content (AvgIpc) is 2.59. The second-order valence-corrected chi connectivity index (χ2v) is 5.69. The van der Waals surface area contributed by atoms with Gasteiger partial charge in [0.15, 0.2) is 0 Å². The van der Waals surface area contributed by atoms with Crippen LogP contribution >= 0.6 is 0 Å². The van der Waals surface area contributed by atoms with Gasteiger partial charge in [-0.2, -0.15) is 0 Å². The van der Waals surface area contributed by atoms with Gasteiger partial charge >= 0.3 is 0 Å². The predicted octanol–water partition coefficient (Wildman–Crippen LogP) is 6.25. The highest BCUT2D eigenvalue weighted by Crippen LogP contribution is 2.23. The van der Waals surface area contributed by atoms with Crippen molar-refractivity contribution in [1.29, 1.82) is 0 Å². The lowest BCUT2D eigenvalue weighted by atomic mass is 9.96. The maximum atomic E-state index is 4.12. The summed E-state index contributed by atoms with van der Waals surface area (Å²) in [5.41, 5.74) is 6.29. The lowest BCUT2D eigenvalue weighted by Crippen LogP contribution is -1.91. The van der Waals surface area contributed by atoms with Gasteiger partial charge in [0.2, 0.25) is 0 Å². The minimum atomic E-state index is 0.990. The molecule has 1 radical (unpaired) electrons. The van der Waals surface area contributed by atoms with Gasteiger partial charge in [-0.3, -0.25) is 0 Å². The van der Waals surface area contributed by atoms with Crippen molar-refractivity contribution in [1.82, 2.24) is 0 Å². The molecule has 0 heteroatoms. The Hall–Kier alpha value is -2.08. The minimum Gasteiger partial charge on any atom is -0.0958 e. The lowest BCUT2D eigenvalue weighted by molar-refractivity contribution is 0.968. The molecule has 0 fully saturated rings. The molecule has 0 amide bonds. The molecule has 0 bridgehead atoms. The highest BCUT2D eigenvalue weighted by Gasteiger charge is 2.03. The van der Waals surface area contributed by atoms with E-state index in [2.05, 4.69) is 81.1 Å². The van der Waals surface area contributed by atoms with E-state index in [4.69, 9.17) is 0 Å². The Morgan fingerprint density at radius 3 is 2.45 bits per heavy atom. The van der Waals surface area contributed by atoms with Crippen LogP contribution in [0.15, 0.2) is 78.9 Å². The molecule has 22 heavy (non-hydrogen) atoms. The smallest absolute Gasteiger partial charge is 0.0125 e. The molecule has 1 aromatic rings. The van der Waals surface area contributed by atoms with Gasteiger partial charge in [-0.25, -0.2) is 0 Å². The van der Waals surface area contributed by atoms with Crippen molar-refractivity contribution in [3.63, 3.8) is 0 Å². The maximum Gasteiger partial charge on any atom is 0.0125 e. The highest BCUT2D eigenvalue weighted by molar-refractivity contribution is 5.74. The van der Waals surface area contributed by atoms with Crippen molar-refractivity contribution in [2.24, 2.45) is 0 Å². The summed E-state index contributed by atoms with van der Waals surface area (Å²) in [6, 6.07) is 8.89. The summed E-state index contributed by atoms with van der Waals surface area (Å²) in [5.74, 6) is 0. The van der Waals surface area contributed by atoms with Crippen molar-refractivity contribution in [3.05, 3.63) is 96.5 Å². The summed E-state index contributed by atoms with van der Waals surface area (Å²) in [6.07, 6.45) is 17.0. The number of allylic oxidation sites excluding steroid dienone is 8. The molecule has 0 N–H and O–H groups in total. The molecule has 0 spiro atoms. The van der Waals surface area contributed by atoms with Crippen molar-refractivity contribution in [3.8, 4) is 0 Å². The van der Waals surface area contributed by atoms with E-state index in [9.17, 15) is 0 Å². The van der Waals surface area contributed by atoms with Crippen LogP contribution in [0.1, 0.15) is 37.3 Å². The first-order valence-corrected chi connectivity index (χ1v) is 8.02. The fraction of sp³-hybridized carbons (Fsp3) is 0.227. The van der Waals surface area contributed by atoms with Gasteiger partial charge in [0, 0.05) is 6.42 Å². The van der Waals surface area contributed by atoms with Crippen molar-refractivity contribution >= 4 is 5.57 Å². The summed E-state index contributed by atoms with van der Waals surface area (Å²) in [5, 5.41) is 0. The lowest BCUT2D eigenvalue weighted by Gasteiger charge is -2.09. The molecule has 0 heterocycles. The van der Waals surface area contributed by atoms with E-state index in [0.29, 0.717) is 0 Å². The zero-order valence-electron chi connectivity index (χ0n) is 13.5. The van der Waals surface area contributed by atoms with E-state index in [-0.39, 0.29) is 0 Å². The van der Waals surface area contributed by atoms with Crippen LogP contribution in [-0.2, 0) is 6.42 Å². The van der Waals surface area contributed by atoms with Gasteiger partial charge in [0.1, 0.15) is 0 Å². The molecule has 0 aromatic heterocycles. The first-order valence-electron chi connectivity index (χ1n) is 8.02. The topological polar surface area (TPSA) is 0 Å². The summed E-state index contributed by atoms with van der Waals surface area (Å²) in [4.78, 5) is 0. The Bertz CT molecular complexity index is 606. The van der Waals surface area contributed by atoms with Gasteiger partial charge in [-0.15, -0.1) is 0 Å². The fourth-order valence-electron chi connectivity index (χ4n) is 2.33. The Morgan fingerprint density at radius 2 is 1.82 bits per heavy atom. The van der Waals surface area contributed by atoms with Crippen molar-refractivity contribution in [2.45, 2.75) is 32.6 Å². The fourth-order valence-corrected chi connectivity index (χ4v) is 2.33. The summed E-state index contributed by atoms with van der Waals surface area (Å²) >= 11 is 0. The summed E-state index contributed by atoms with van der Waals surface area (Å²) in [6.45, 7) is 10.2. The van der Waals surface area contributed by atoms with Crippen LogP contribution in [0.2, 0.25) is 0 Å². The molecule has 0 unspecified atom stereocenters. The van der Waals surface area contributed by atoms with Crippen LogP contribution in [0.4, 0.5) is 0 Å². The third-order valence-corrected chi connectivity index (χ3v) is 3.92. The molecule has 1 aromatic carbocycles. The normalized spacial score (nSPS) is 14.1. The van der Waals surface area contributed by atoms with Crippen LogP contribution in [0.25, 0.3) is 5.57 Å². The number of aryl methyl sites for hydroxylation is 1. The number of rotatable bonds is 7. The monoisotopic (exact) mass is 289 g/mol. The third-order valence-electron chi connectivity index (χ3n) is 3.92. The van der Waals surface area contributed by atoms with Gasteiger partial charge < -0.3 is 0 Å². The first-order chi connectivity index (χ1) is 10.7. The second-order valence-electron chi connectivity index (χ2n) is 5.69. The number of hydrogen-bond acceptors (Lipinski definition) is 0. The Morgan fingerprint density at radius 1 is 1.09 bits per heavy atom. The van der Waals surface area contributed by atoms with E-state index in [1.807, 2.05) is 0 Å². The molecule has 0 nitrogen and oxygen atoms in total. The summed E-state index contributed by atoms with van der Waals surface area (Å²) < 4.78 is 0. The average molecular weight is 289 g/mol. The SMILES string of the molecule is C=C(/C=C\C(=C)CCc1ccc(C2=CCC=C[CH]2)cc1)CC. The van der Waals surface area contributed by atoms with Gasteiger partial charge in [-0.05, 0) is 42.4 Å². The third kappa shape index (κ3) is 5.04. The Balaban J connectivity index is 1.86. The van der Waals surface area contributed by atoms with E-state index < -0.39 is 0 Å². The highest BCUT2D eigenvalue weighted by atomic mass is 14.1. The second kappa shape index (κ2) is 8.38. The molecular weight excluding hydrogens is 264 g/mol. The van der Waals surface area contributed by atoms with Gasteiger partial charge in [-0.1, -0.05) is 85.9 Å². The zero-order chi connectivity index (χ0) is 15.8. The van der Waals surface area contributed by atoms with Crippen LogP contribution < -0.4 is 0 Å². The number of benzene rings is 1. The van der Waals surface area contributed by atoms with Gasteiger partial charge in [0.05, 0.1) is 0 Å². The minimum absolute atomic E-state index is 0.990. The van der Waals surface area contributed by atoms with E-state index in [1.54, 1.807) is 0 Å². The molecular formula is C22H25.